The van der Waals surface area contributed by atoms with E-state index >= 15 is 0 Å². The van der Waals surface area contributed by atoms with E-state index in [0.29, 0.717) is 12.3 Å². The van der Waals surface area contributed by atoms with E-state index in [-0.39, 0.29) is 5.91 Å². The molecule has 0 radical (unpaired) electrons. The number of hydrogen-bond donors (Lipinski definition) is 0. The fourth-order valence-electron chi connectivity index (χ4n) is 3.55. The van der Waals surface area contributed by atoms with E-state index in [1.807, 2.05) is 37.2 Å². The summed E-state index contributed by atoms with van der Waals surface area (Å²) in [5, 5.41) is 8.87. The predicted octanol–water partition coefficient (Wildman–Crippen LogP) is 1.70. The summed E-state index contributed by atoms with van der Waals surface area (Å²) in [4.78, 5) is 20.8. The summed E-state index contributed by atoms with van der Waals surface area (Å²) >= 11 is 0. The van der Waals surface area contributed by atoms with Crippen molar-refractivity contribution >= 4 is 5.91 Å². The first-order valence-electron chi connectivity index (χ1n) is 9.32. The van der Waals surface area contributed by atoms with Crippen LogP contribution in [0.3, 0.4) is 0 Å². The molecule has 0 bridgehead atoms. The highest BCUT2D eigenvalue weighted by molar-refractivity contribution is 5.78. The van der Waals surface area contributed by atoms with Gasteiger partial charge in [-0.1, -0.05) is 6.07 Å². The summed E-state index contributed by atoms with van der Waals surface area (Å²) in [6.07, 6.45) is 3.99. The lowest BCUT2D eigenvalue weighted by Crippen LogP contribution is -2.39. The lowest BCUT2D eigenvalue weighted by atomic mass is 9.95. The zero-order valence-corrected chi connectivity index (χ0v) is 15.9. The predicted molar refractivity (Wildman–Crippen MR) is 99.6 cm³/mol. The molecule has 0 spiro atoms. The molecule has 3 heterocycles. The molecule has 2 aromatic heterocycles. The average Bonchev–Trinajstić information content (AvgIpc) is 3.04. The van der Waals surface area contributed by atoms with E-state index in [9.17, 15) is 4.79 Å². The van der Waals surface area contributed by atoms with Crippen molar-refractivity contribution in [2.45, 2.75) is 45.2 Å². The molecule has 7 nitrogen and oxygen atoms in total. The van der Waals surface area contributed by atoms with Crippen LogP contribution in [0, 0.1) is 0 Å². The van der Waals surface area contributed by atoms with E-state index in [2.05, 4.69) is 31.6 Å². The molecule has 1 saturated heterocycles. The number of hydrogen-bond acceptors (Lipinski definition) is 5. The number of rotatable bonds is 6. The normalized spacial score (nSPS) is 15.6. The Hall–Kier alpha value is -2.28. The van der Waals surface area contributed by atoms with Crippen molar-refractivity contribution in [1.82, 2.24) is 29.5 Å². The van der Waals surface area contributed by atoms with Crippen LogP contribution in [0.4, 0.5) is 0 Å². The molecular weight excluding hydrogens is 328 g/mol. The number of aromatic nitrogens is 4. The zero-order chi connectivity index (χ0) is 18.5. The molecule has 1 fully saturated rings. The van der Waals surface area contributed by atoms with Crippen molar-refractivity contribution in [3.8, 4) is 0 Å². The Morgan fingerprint density at radius 3 is 2.62 bits per heavy atom. The first kappa shape index (κ1) is 18.5. The average molecular weight is 356 g/mol. The molecule has 3 rings (SSSR count). The van der Waals surface area contributed by atoms with Gasteiger partial charge in [0.15, 0.2) is 0 Å². The molecule has 0 N–H and O–H groups in total. The fraction of sp³-hybridized carbons (Fsp3) is 0.579. The lowest BCUT2D eigenvalue weighted by molar-refractivity contribution is -0.131. The van der Waals surface area contributed by atoms with Gasteiger partial charge < -0.3 is 14.4 Å². The fourth-order valence-corrected chi connectivity index (χ4v) is 3.55. The summed E-state index contributed by atoms with van der Waals surface area (Å²) < 4.78 is 2.23. The van der Waals surface area contributed by atoms with Crippen LogP contribution in [0.5, 0.6) is 0 Å². The van der Waals surface area contributed by atoms with Gasteiger partial charge in [-0.15, -0.1) is 10.2 Å². The van der Waals surface area contributed by atoms with E-state index in [0.717, 1.165) is 56.4 Å². The summed E-state index contributed by atoms with van der Waals surface area (Å²) in [6, 6.07) is 5.69. The quantitative estimate of drug-likeness (QED) is 0.788. The lowest BCUT2D eigenvalue weighted by Gasteiger charge is -2.31. The number of amides is 1. The van der Waals surface area contributed by atoms with Gasteiger partial charge in [0.05, 0.1) is 13.0 Å². The van der Waals surface area contributed by atoms with E-state index in [1.165, 1.54) is 0 Å². The molecule has 0 saturated carbocycles. The van der Waals surface area contributed by atoms with Crippen molar-refractivity contribution in [2.24, 2.45) is 0 Å². The molecule has 0 aliphatic carbocycles. The summed E-state index contributed by atoms with van der Waals surface area (Å²) in [7, 11) is 4.08. The van der Waals surface area contributed by atoms with Crippen molar-refractivity contribution in [2.75, 3.05) is 27.2 Å². The van der Waals surface area contributed by atoms with Gasteiger partial charge in [0.1, 0.15) is 11.6 Å². The van der Waals surface area contributed by atoms with E-state index in [1.54, 1.807) is 6.20 Å². The van der Waals surface area contributed by atoms with Gasteiger partial charge in [0.2, 0.25) is 5.91 Å². The van der Waals surface area contributed by atoms with Gasteiger partial charge in [0.25, 0.3) is 0 Å². The van der Waals surface area contributed by atoms with Crippen molar-refractivity contribution in [3.63, 3.8) is 0 Å². The Balaban J connectivity index is 1.60. The maximum absolute atomic E-state index is 12.5. The third-order valence-electron chi connectivity index (χ3n) is 4.90. The SMILES string of the molecule is CCn1c(CN(C)C)nnc1C1CCN(C(=O)Cc2ccccn2)CC1. The van der Waals surface area contributed by atoms with Gasteiger partial charge in [0, 0.05) is 37.4 Å². The van der Waals surface area contributed by atoms with Crippen molar-refractivity contribution < 1.29 is 4.79 Å². The molecular formula is C19H28N6O. The minimum atomic E-state index is 0.160. The van der Waals surface area contributed by atoms with Crippen LogP contribution in [-0.4, -0.2) is 62.6 Å². The van der Waals surface area contributed by atoms with Crippen LogP contribution in [0.1, 0.15) is 43.0 Å². The van der Waals surface area contributed by atoms with Crippen molar-refractivity contribution in [1.29, 1.82) is 0 Å². The molecule has 0 atom stereocenters. The number of likely N-dealkylation sites (tertiary alicyclic amines) is 1. The highest BCUT2D eigenvalue weighted by Crippen LogP contribution is 2.27. The second kappa shape index (κ2) is 8.40. The van der Waals surface area contributed by atoms with Gasteiger partial charge in [-0.2, -0.15) is 0 Å². The van der Waals surface area contributed by atoms with Gasteiger partial charge in [-0.05, 0) is 46.0 Å². The monoisotopic (exact) mass is 356 g/mol. The minimum absolute atomic E-state index is 0.160. The first-order chi connectivity index (χ1) is 12.6. The van der Waals surface area contributed by atoms with E-state index in [4.69, 9.17) is 0 Å². The van der Waals surface area contributed by atoms with E-state index < -0.39 is 0 Å². The Morgan fingerprint density at radius 2 is 2.00 bits per heavy atom. The zero-order valence-electron chi connectivity index (χ0n) is 15.9. The molecule has 140 valence electrons. The smallest absolute Gasteiger partial charge is 0.228 e. The highest BCUT2D eigenvalue weighted by atomic mass is 16.2. The topological polar surface area (TPSA) is 67.2 Å². The summed E-state index contributed by atoms with van der Waals surface area (Å²) in [5.41, 5.74) is 0.832. The second-order valence-electron chi connectivity index (χ2n) is 7.11. The number of nitrogens with zero attached hydrogens (tertiary/aromatic N) is 6. The Kier molecular flexibility index (Phi) is 5.98. The van der Waals surface area contributed by atoms with Crippen molar-refractivity contribution in [3.05, 3.63) is 41.7 Å². The Bertz CT molecular complexity index is 719. The van der Waals surface area contributed by atoms with Crippen LogP contribution >= 0.6 is 0 Å². The third kappa shape index (κ3) is 4.27. The number of carbonyl (C=O) groups excluding carboxylic acids is 1. The molecule has 0 aromatic carbocycles. The van der Waals surface area contributed by atoms with Crippen LogP contribution in [0.25, 0.3) is 0 Å². The second-order valence-corrected chi connectivity index (χ2v) is 7.11. The highest BCUT2D eigenvalue weighted by Gasteiger charge is 2.28. The minimum Gasteiger partial charge on any atom is -0.342 e. The summed E-state index contributed by atoms with van der Waals surface area (Å²) in [5.74, 6) is 2.62. The molecule has 1 aliphatic heterocycles. The third-order valence-corrected chi connectivity index (χ3v) is 4.90. The Morgan fingerprint density at radius 1 is 1.23 bits per heavy atom. The molecule has 7 heteroatoms. The largest absolute Gasteiger partial charge is 0.342 e. The Labute approximate surface area is 155 Å². The van der Waals surface area contributed by atoms with Crippen LogP contribution in [0.15, 0.2) is 24.4 Å². The maximum atomic E-state index is 12.5. The molecule has 1 aliphatic rings. The van der Waals surface area contributed by atoms with Gasteiger partial charge >= 0.3 is 0 Å². The number of carbonyl (C=O) groups is 1. The molecule has 2 aromatic rings. The first-order valence-corrected chi connectivity index (χ1v) is 9.32. The number of piperidine rings is 1. The standard InChI is InChI=1S/C19H28N6O/c1-4-25-17(14-23(2)3)21-22-19(25)15-8-11-24(12-9-15)18(26)13-16-7-5-6-10-20-16/h5-7,10,15H,4,8-9,11-14H2,1-3H3. The molecule has 0 unspecified atom stereocenters. The van der Waals surface area contributed by atoms with Crippen LogP contribution in [0.2, 0.25) is 0 Å². The molecule has 1 amide bonds. The van der Waals surface area contributed by atoms with Gasteiger partial charge in [-0.25, -0.2) is 0 Å². The number of pyridine rings is 1. The maximum Gasteiger partial charge on any atom is 0.228 e. The van der Waals surface area contributed by atoms with Crippen LogP contribution in [-0.2, 0) is 24.3 Å². The van der Waals surface area contributed by atoms with Gasteiger partial charge in [-0.3, -0.25) is 9.78 Å². The molecule has 26 heavy (non-hydrogen) atoms. The summed E-state index contributed by atoms with van der Waals surface area (Å²) in [6.45, 7) is 5.36. The van der Waals surface area contributed by atoms with Crippen LogP contribution < -0.4 is 0 Å².